The molecule has 0 saturated heterocycles. The van der Waals surface area contributed by atoms with Gasteiger partial charge in [0.25, 0.3) is 11.6 Å². The molecule has 0 radical (unpaired) electrons. The molecule has 3 rings (SSSR count). The molecule has 1 aromatic heterocycles. The lowest BCUT2D eigenvalue weighted by Crippen LogP contribution is -2.16. The molecule has 0 aliphatic heterocycles. The Balaban J connectivity index is 2.13. The molecule has 0 fully saturated rings. The molecule has 25 heavy (non-hydrogen) atoms. The molecule has 0 atom stereocenters. The Kier molecular flexibility index (Phi) is 4.46. The van der Waals surface area contributed by atoms with Crippen LogP contribution in [0.4, 0.5) is 5.69 Å². The number of non-ortho nitro benzene ring substituents is 1. The van der Waals surface area contributed by atoms with Crippen molar-refractivity contribution in [3.63, 3.8) is 0 Å². The lowest BCUT2D eigenvalue weighted by atomic mass is 10.2. The molecular weight excluding hydrogens is 338 g/mol. The van der Waals surface area contributed by atoms with Gasteiger partial charge in [-0.2, -0.15) is 4.99 Å². The van der Waals surface area contributed by atoms with Crippen LogP contribution in [0.15, 0.2) is 47.5 Å². The average Bonchev–Trinajstić information content (AvgIpc) is 2.91. The number of aromatic nitrogens is 1. The molecule has 1 heterocycles. The molecule has 0 saturated carbocycles. The van der Waals surface area contributed by atoms with Crippen LogP contribution in [0.3, 0.4) is 0 Å². The van der Waals surface area contributed by atoms with Crippen LogP contribution in [0.2, 0.25) is 0 Å². The van der Waals surface area contributed by atoms with Crippen molar-refractivity contribution >= 4 is 33.1 Å². The zero-order chi connectivity index (χ0) is 18.0. The Labute approximate surface area is 147 Å². The molecule has 0 N–H and O–H groups in total. The van der Waals surface area contributed by atoms with Crippen LogP contribution in [-0.2, 0) is 6.54 Å². The number of fused-ring (bicyclic) bond motifs is 1. The lowest BCUT2D eigenvalue weighted by Gasteiger charge is -2.00. The van der Waals surface area contributed by atoms with Gasteiger partial charge in [-0.1, -0.05) is 29.4 Å². The maximum Gasteiger partial charge on any atom is 0.279 e. The fourth-order valence-electron chi connectivity index (χ4n) is 2.41. The highest BCUT2D eigenvalue weighted by molar-refractivity contribution is 7.16. The van der Waals surface area contributed by atoms with Crippen molar-refractivity contribution in [3.8, 4) is 12.3 Å². The van der Waals surface area contributed by atoms with Gasteiger partial charge >= 0.3 is 0 Å². The van der Waals surface area contributed by atoms with Crippen LogP contribution < -0.4 is 4.80 Å². The Morgan fingerprint density at radius 3 is 2.88 bits per heavy atom. The van der Waals surface area contributed by atoms with E-state index in [0.29, 0.717) is 4.80 Å². The summed E-state index contributed by atoms with van der Waals surface area (Å²) in [5.41, 5.74) is 2.01. The van der Waals surface area contributed by atoms with E-state index >= 15 is 0 Å². The summed E-state index contributed by atoms with van der Waals surface area (Å²) in [6, 6.07) is 11.4. The summed E-state index contributed by atoms with van der Waals surface area (Å²) >= 11 is 1.36. The number of hydrogen-bond acceptors (Lipinski definition) is 4. The van der Waals surface area contributed by atoms with Crippen molar-refractivity contribution in [2.75, 3.05) is 0 Å². The third-order valence-electron chi connectivity index (χ3n) is 3.59. The van der Waals surface area contributed by atoms with Crippen molar-refractivity contribution < 1.29 is 9.72 Å². The Hall–Kier alpha value is -3.24. The van der Waals surface area contributed by atoms with Gasteiger partial charge in [0.1, 0.15) is 0 Å². The van der Waals surface area contributed by atoms with E-state index in [0.717, 1.165) is 15.8 Å². The van der Waals surface area contributed by atoms with E-state index in [1.807, 2.05) is 25.1 Å². The van der Waals surface area contributed by atoms with Crippen molar-refractivity contribution in [2.45, 2.75) is 13.5 Å². The van der Waals surface area contributed by atoms with Gasteiger partial charge in [0.2, 0.25) is 0 Å². The molecular formula is C18H13N3O3S. The Bertz CT molecular complexity index is 1100. The number of benzene rings is 2. The Morgan fingerprint density at radius 2 is 2.16 bits per heavy atom. The summed E-state index contributed by atoms with van der Waals surface area (Å²) in [7, 11) is 0. The fourth-order valence-corrected chi connectivity index (χ4v) is 3.54. The summed E-state index contributed by atoms with van der Waals surface area (Å²) in [5, 5.41) is 10.9. The maximum atomic E-state index is 12.4. The molecule has 2 aromatic carbocycles. The lowest BCUT2D eigenvalue weighted by molar-refractivity contribution is -0.384. The second-order valence-electron chi connectivity index (χ2n) is 5.37. The van der Waals surface area contributed by atoms with Crippen molar-refractivity contribution in [1.82, 2.24) is 4.57 Å². The second kappa shape index (κ2) is 6.71. The first-order valence-corrected chi connectivity index (χ1v) is 8.18. The van der Waals surface area contributed by atoms with Crippen LogP contribution in [0, 0.1) is 29.4 Å². The number of terminal acetylenes is 1. The first-order valence-electron chi connectivity index (χ1n) is 7.36. The molecule has 0 bridgehead atoms. The summed E-state index contributed by atoms with van der Waals surface area (Å²) < 4.78 is 2.76. The van der Waals surface area contributed by atoms with E-state index in [4.69, 9.17) is 6.42 Å². The van der Waals surface area contributed by atoms with Gasteiger partial charge in [0, 0.05) is 17.7 Å². The summed E-state index contributed by atoms with van der Waals surface area (Å²) in [5.74, 6) is 2.02. The smallest absolute Gasteiger partial charge is 0.279 e. The fraction of sp³-hybridized carbons (Fsp3) is 0.111. The number of carbonyl (C=O) groups excluding carboxylic acids is 1. The average molecular weight is 351 g/mol. The van der Waals surface area contributed by atoms with Crippen LogP contribution in [0.1, 0.15) is 15.9 Å². The third kappa shape index (κ3) is 3.34. The SMILES string of the molecule is C#CCn1c(=NC(=O)c2cccc([N+](=O)[O-])c2)sc2cc(C)ccc21. The minimum absolute atomic E-state index is 0.149. The number of nitro benzene ring substituents is 1. The molecule has 3 aromatic rings. The predicted octanol–water partition coefficient (Wildman–Crippen LogP) is 3.29. The van der Waals surface area contributed by atoms with E-state index in [1.165, 1.54) is 35.6 Å². The minimum Gasteiger partial charge on any atom is -0.305 e. The first kappa shape index (κ1) is 16.6. The van der Waals surface area contributed by atoms with Gasteiger partial charge in [0.15, 0.2) is 4.80 Å². The standard InChI is InChI=1S/C18H13N3O3S/c1-3-9-20-15-8-7-12(2)10-16(15)25-18(20)19-17(22)13-5-4-6-14(11-13)21(23)24/h1,4-8,10-11H,9H2,2H3. The highest BCUT2D eigenvalue weighted by Crippen LogP contribution is 2.19. The van der Waals surface area contributed by atoms with Gasteiger partial charge in [-0.15, -0.1) is 6.42 Å². The first-order chi connectivity index (χ1) is 12.0. The number of nitro groups is 1. The number of thiazole rings is 1. The number of nitrogens with zero attached hydrogens (tertiary/aromatic N) is 3. The molecule has 1 amide bonds. The topological polar surface area (TPSA) is 77.5 Å². The van der Waals surface area contributed by atoms with Crippen molar-refractivity contribution in [3.05, 3.63) is 68.5 Å². The van der Waals surface area contributed by atoms with Gasteiger partial charge in [0.05, 0.1) is 21.7 Å². The third-order valence-corrected chi connectivity index (χ3v) is 4.63. The summed E-state index contributed by atoms with van der Waals surface area (Å²) in [4.78, 5) is 27.4. The van der Waals surface area contributed by atoms with Crippen LogP contribution in [0.25, 0.3) is 10.2 Å². The molecule has 0 spiro atoms. The molecule has 6 nitrogen and oxygen atoms in total. The quantitative estimate of drug-likeness (QED) is 0.413. The number of rotatable bonds is 3. The predicted molar refractivity (Wildman–Crippen MR) is 96.4 cm³/mol. The van der Waals surface area contributed by atoms with Crippen molar-refractivity contribution in [1.29, 1.82) is 0 Å². The van der Waals surface area contributed by atoms with E-state index in [1.54, 1.807) is 4.57 Å². The monoisotopic (exact) mass is 351 g/mol. The highest BCUT2D eigenvalue weighted by Gasteiger charge is 2.12. The van der Waals surface area contributed by atoms with E-state index < -0.39 is 10.8 Å². The summed E-state index contributed by atoms with van der Waals surface area (Å²) in [6.07, 6.45) is 5.44. The maximum absolute atomic E-state index is 12.4. The van der Waals surface area contributed by atoms with E-state index in [9.17, 15) is 14.9 Å². The van der Waals surface area contributed by atoms with E-state index in [-0.39, 0.29) is 17.8 Å². The molecule has 124 valence electrons. The Morgan fingerprint density at radius 1 is 1.36 bits per heavy atom. The van der Waals surface area contributed by atoms with Crippen LogP contribution in [-0.4, -0.2) is 15.4 Å². The van der Waals surface area contributed by atoms with E-state index in [2.05, 4.69) is 10.9 Å². The van der Waals surface area contributed by atoms with Crippen molar-refractivity contribution in [2.24, 2.45) is 4.99 Å². The number of amides is 1. The number of hydrogen-bond donors (Lipinski definition) is 0. The minimum atomic E-state index is -0.544. The van der Waals surface area contributed by atoms with Gasteiger partial charge < -0.3 is 4.57 Å². The molecule has 7 heteroatoms. The second-order valence-corrected chi connectivity index (χ2v) is 6.38. The molecule has 0 aliphatic rings. The number of aryl methyl sites for hydroxylation is 1. The van der Waals surface area contributed by atoms with Gasteiger partial charge in [-0.05, 0) is 30.7 Å². The van der Waals surface area contributed by atoms with Crippen LogP contribution in [0.5, 0.6) is 0 Å². The van der Waals surface area contributed by atoms with Gasteiger partial charge in [-0.3, -0.25) is 14.9 Å². The highest BCUT2D eigenvalue weighted by atomic mass is 32.1. The summed E-state index contributed by atoms with van der Waals surface area (Å²) in [6.45, 7) is 2.26. The zero-order valence-electron chi connectivity index (χ0n) is 13.3. The van der Waals surface area contributed by atoms with Gasteiger partial charge in [-0.25, -0.2) is 0 Å². The zero-order valence-corrected chi connectivity index (χ0v) is 14.1. The number of carbonyl (C=O) groups is 1. The normalized spacial score (nSPS) is 11.4. The van der Waals surface area contributed by atoms with Crippen LogP contribution >= 0.6 is 11.3 Å². The molecule has 0 aliphatic carbocycles. The largest absolute Gasteiger partial charge is 0.305 e. The molecule has 0 unspecified atom stereocenters.